The molecule has 3 aromatic rings. The average Bonchev–Trinajstić information content (AvgIpc) is 3.70. The van der Waals surface area contributed by atoms with Crippen molar-refractivity contribution in [2.45, 2.75) is 56.5 Å². The minimum absolute atomic E-state index is 0.0824. The van der Waals surface area contributed by atoms with Crippen LogP contribution in [0.15, 0.2) is 24.4 Å². The molecule has 4 heterocycles. The second-order valence-corrected chi connectivity index (χ2v) is 12.1. The van der Waals surface area contributed by atoms with Crippen molar-refractivity contribution in [3.63, 3.8) is 0 Å². The molecule has 1 fully saturated rings. The summed E-state index contributed by atoms with van der Waals surface area (Å²) in [5, 5.41) is 28.4. The van der Waals surface area contributed by atoms with Crippen molar-refractivity contribution in [2.24, 2.45) is 11.5 Å². The number of H-pyrrole nitrogens is 1. The molecule has 6 N–H and O–H groups in total. The summed E-state index contributed by atoms with van der Waals surface area (Å²) in [6.07, 6.45) is 3.69. The second kappa shape index (κ2) is 10.3. The van der Waals surface area contributed by atoms with E-state index in [-0.39, 0.29) is 12.1 Å². The molecular weight excluding hydrogens is 522 g/mol. The first-order valence-electron chi connectivity index (χ1n) is 12.4. The molecule has 0 radical (unpaired) electrons. The highest BCUT2D eigenvalue weighted by Gasteiger charge is 2.47. The molecule has 1 aliphatic heterocycles. The van der Waals surface area contributed by atoms with Gasteiger partial charge in [-0.2, -0.15) is 10.5 Å². The number of carbonyl (C=O) groups is 2. The van der Waals surface area contributed by atoms with E-state index in [1.54, 1.807) is 0 Å². The highest BCUT2D eigenvalue weighted by molar-refractivity contribution is 7.15. The van der Waals surface area contributed by atoms with Gasteiger partial charge in [0.15, 0.2) is 5.82 Å². The first kappa shape index (κ1) is 26.0. The number of hydrogen-bond acceptors (Lipinski definition) is 10. The average molecular weight is 552 g/mol. The predicted octanol–water partition coefficient (Wildman–Crippen LogP) is 1.82. The molecule has 198 valence electrons. The van der Waals surface area contributed by atoms with Crippen molar-refractivity contribution in [3.05, 3.63) is 60.9 Å². The van der Waals surface area contributed by atoms with Crippen molar-refractivity contribution >= 4 is 34.5 Å². The smallest absolute Gasteiger partial charge is 0.258 e. The van der Waals surface area contributed by atoms with Crippen LogP contribution in [0.1, 0.15) is 72.2 Å². The molecular formula is C25H29N9O2S2. The van der Waals surface area contributed by atoms with Gasteiger partial charge in [0.1, 0.15) is 6.04 Å². The number of primary amides is 2. The van der Waals surface area contributed by atoms with Crippen molar-refractivity contribution in [1.29, 1.82) is 5.26 Å². The number of nitrogens with two attached hydrogens (primary N) is 2. The first-order valence-corrected chi connectivity index (χ1v) is 14.0. The number of aryl methyl sites for hydroxylation is 2. The van der Waals surface area contributed by atoms with Crippen LogP contribution < -0.4 is 16.8 Å². The van der Waals surface area contributed by atoms with Crippen LogP contribution in [0.4, 0.5) is 0 Å². The van der Waals surface area contributed by atoms with E-state index in [0.29, 0.717) is 41.4 Å². The van der Waals surface area contributed by atoms with Gasteiger partial charge in [-0.3, -0.25) is 9.59 Å². The molecule has 0 saturated carbocycles. The van der Waals surface area contributed by atoms with Gasteiger partial charge in [-0.15, -0.1) is 32.9 Å². The maximum atomic E-state index is 12.2. The SMILES string of the molecule is C=C(CN[C@H](C)CC1(c2nn[nH]n2)c2cc(C(N)=O)sc2CCc2sc(C(N)=O)cc21)N1CCCC1C#N. The van der Waals surface area contributed by atoms with Crippen LogP contribution in [0, 0.1) is 11.3 Å². The van der Waals surface area contributed by atoms with Crippen molar-refractivity contribution in [3.8, 4) is 6.07 Å². The normalized spacial score (nSPS) is 18.7. The van der Waals surface area contributed by atoms with E-state index in [4.69, 9.17) is 11.5 Å². The number of fused-ring (bicyclic) bond motifs is 2. The van der Waals surface area contributed by atoms with Crippen LogP contribution in [0.2, 0.25) is 0 Å². The molecule has 13 heteroatoms. The van der Waals surface area contributed by atoms with E-state index in [1.807, 2.05) is 12.1 Å². The fraction of sp³-hybridized carbons (Fsp3) is 0.440. The Morgan fingerprint density at radius 2 is 1.89 bits per heavy atom. The van der Waals surface area contributed by atoms with Crippen molar-refractivity contribution < 1.29 is 9.59 Å². The van der Waals surface area contributed by atoms with Gasteiger partial charge >= 0.3 is 0 Å². The third kappa shape index (κ3) is 4.48. The molecule has 1 saturated heterocycles. The van der Waals surface area contributed by atoms with Crippen LogP contribution >= 0.6 is 22.7 Å². The number of hydrogen-bond donors (Lipinski definition) is 4. The zero-order valence-electron chi connectivity index (χ0n) is 21.0. The van der Waals surface area contributed by atoms with Crippen LogP contribution in [0.3, 0.4) is 0 Å². The van der Waals surface area contributed by atoms with E-state index in [9.17, 15) is 14.9 Å². The lowest BCUT2D eigenvalue weighted by Gasteiger charge is -2.34. The molecule has 38 heavy (non-hydrogen) atoms. The van der Waals surface area contributed by atoms with E-state index in [1.165, 1.54) is 22.7 Å². The second-order valence-electron chi connectivity index (χ2n) is 9.80. The number of tetrazole rings is 1. The molecule has 0 bridgehead atoms. The van der Waals surface area contributed by atoms with Gasteiger partial charge in [0.2, 0.25) is 0 Å². The quantitative estimate of drug-likeness (QED) is 0.311. The molecule has 11 nitrogen and oxygen atoms in total. The minimum Gasteiger partial charge on any atom is -0.365 e. The van der Waals surface area contributed by atoms with Gasteiger partial charge in [-0.25, -0.2) is 0 Å². The largest absolute Gasteiger partial charge is 0.365 e. The van der Waals surface area contributed by atoms with Gasteiger partial charge in [0.25, 0.3) is 11.8 Å². The summed E-state index contributed by atoms with van der Waals surface area (Å²) in [6.45, 7) is 7.62. The summed E-state index contributed by atoms with van der Waals surface area (Å²) in [5.41, 5.74) is 13.1. The number of amides is 2. The van der Waals surface area contributed by atoms with Crippen LogP contribution in [0.5, 0.6) is 0 Å². The fourth-order valence-electron chi connectivity index (χ4n) is 5.67. The number of likely N-dealkylation sites (tertiary alicyclic amines) is 1. The number of nitriles is 1. The molecule has 2 atom stereocenters. The maximum Gasteiger partial charge on any atom is 0.258 e. The number of nitrogens with zero attached hydrogens (tertiary/aromatic N) is 5. The number of aromatic nitrogens is 4. The summed E-state index contributed by atoms with van der Waals surface area (Å²) in [5.74, 6) is -0.539. The third-order valence-electron chi connectivity index (χ3n) is 7.40. The maximum absolute atomic E-state index is 12.2. The molecule has 5 rings (SSSR count). The number of nitrogens with one attached hydrogen (secondary N) is 2. The Labute approximate surface area is 227 Å². The predicted molar refractivity (Wildman–Crippen MR) is 144 cm³/mol. The molecule has 1 unspecified atom stereocenters. The van der Waals surface area contributed by atoms with E-state index < -0.39 is 17.2 Å². The van der Waals surface area contributed by atoms with Crippen molar-refractivity contribution in [2.75, 3.05) is 13.1 Å². The number of carbonyl (C=O) groups excluding carboxylic acids is 2. The standard InChI is InChI=1S/C25H29N9O2S2/c1-13(29-12-14(2)34-7-3-4-15(34)11-26)10-25(24-30-32-33-31-24)16-8-20(22(27)35)37-18(16)5-6-19-17(25)9-21(38-19)23(28)36/h8-9,13,15,29H,2-7,10,12H2,1H3,(H2,27,35)(H2,28,36)(H,30,31,32,33)/t13-,15?/m1/s1. The Morgan fingerprint density at radius 3 is 2.42 bits per heavy atom. The van der Waals surface area contributed by atoms with Gasteiger partial charge in [-0.1, -0.05) is 11.8 Å². The first-order chi connectivity index (χ1) is 18.2. The minimum atomic E-state index is -0.904. The molecule has 2 amide bonds. The summed E-state index contributed by atoms with van der Waals surface area (Å²) in [4.78, 5) is 29.4. The molecule has 0 spiro atoms. The number of thiophene rings is 2. The Balaban J connectivity index is 1.56. The van der Waals surface area contributed by atoms with Crippen LogP contribution in [-0.4, -0.2) is 62.5 Å². The lowest BCUT2D eigenvalue weighted by atomic mass is 9.70. The number of rotatable bonds is 9. The van der Waals surface area contributed by atoms with E-state index in [0.717, 1.165) is 46.0 Å². The van der Waals surface area contributed by atoms with Crippen LogP contribution in [-0.2, 0) is 18.3 Å². The van der Waals surface area contributed by atoms with Gasteiger partial charge in [-0.05, 0) is 62.3 Å². The summed E-state index contributed by atoms with van der Waals surface area (Å²) >= 11 is 2.77. The molecule has 3 aromatic heterocycles. The lowest BCUT2D eigenvalue weighted by Crippen LogP contribution is -2.41. The van der Waals surface area contributed by atoms with Crippen LogP contribution in [0.25, 0.3) is 0 Å². The van der Waals surface area contributed by atoms with E-state index >= 15 is 0 Å². The Bertz CT molecular complexity index is 1360. The third-order valence-corrected chi connectivity index (χ3v) is 9.82. The highest BCUT2D eigenvalue weighted by Crippen LogP contribution is 2.50. The summed E-state index contributed by atoms with van der Waals surface area (Å²) in [6, 6.07) is 5.81. The Morgan fingerprint density at radius 1 is 1.26 bits per heavy atom. The van der Waals surface area contributed by atoms with Crippen molar-refractivity contribution in [1.82, 2.24) is 30.8 Å². The monoisotopic (exact) mass is 551 g/mol. The Hall–Kier alpha value is -3.60. The fourth-order valence-corrected chi connectivity index (χ4v) is 7.85. The zero-order valence-corrected chi connectivity index (χ0v) is 22.6. The van der Waals surface area contributed by atoms with Gasteiger partial charge in [0.05, 0.1) is 21.2 Å². The molecule has 2 aliphatic rings. The topological polar surface area (TPSA) is 180 Å². The Kier molecular flexibility index (Phi) is 7.04. The zero-order chi connectivity index (χ0) is 27.0. The summed E-state index contributed by atoms with van der Waals surface area (Å²) in [7, 11) is 0. The molecule has 0 aromatic carbocycles. The van der Waals surface area contributed by atoms with Gasteiger partial charge in [0, 0.05) is 34.6 Å². The van der Waals surface area contributed by atoms with Gasteiger partial charge < -0.3 is 21.7 Å². The van der Waals surface area contributed by atoms with E-state index in [2.05, 4.69) is 50.4 Å². The summed E-state index contributed by atoms with van der Waals surface area (Å²) < 4.78 is 0. The highest BCUT2D eigenvalue weighted by atomic mass is 32.1. The lowest BCUT2D eigenvalue weighted by molar-refractivity contribution is 0.0995. The number of aromatic amines is 1. The molecule has 1 aliphatic carbocycles.